The Morgan fingerprint density at radius 1 is 1.18 bits per heavy atom. The number of aromatic nitrogens is 2. The third-order valence-electron chi connectivity index (χ3n) is 5.56. The second-order valence-corrected chi connectivity index (χ2v) is 9.69. The van der Waals surface area contributed by atoms with Crippen molar-refractivity contribution in [2.45, 2.75) is 26.1 Å². The number of benzene rings is 2. The summed E-state index contributed by atoms with van der Waals surface area (Å²) in [6.45, 7) is 2.25. The number of carbonyl (C=O) groups is 1. The first-order valence-electron chi connectivity index (χ1n) is 11.7. The fourth-order valence-corrected chi connectivity index (χ4v) is 3.93. The van der Waals surface area contributed by atoms with E-state index in [1.807, 2.05) is 6.92 Å². The Labute approximate surface area is 225 Å². The number of alkyl halides is 3. The van der Waals surface area contributed by atoms with Crippen molar-refractivity contribution >= 4 is 40.0 Å². The first-order valence-corrected chi connectivity index (χ1v) is 13.2. The Morgan fingerprint density at radius 2 is 1.92 bits per heavy atom. The topological polar surface area (TPSA) is 108 Å². The standard InChI is InChI=1S/C25H28F4N6O3S/c1-5-10-30-23(36)15-7-9-19(21(11-15)38-3)33-24-32-14-18(25(27,28)29)22(34-24)31-13-16-6-8-17(26)12-20(16)35(2)39(4)37/h6-9,11-12,14H,5,10,13H2,1-4H3,(H,30,36)(H2,31,32,33,34). The Morgan fingerprint density at radius 3 is 2.56 bits per heavy atom. The van der Waals surface area contributed by atoms with Crippen molar-refractivity contribution in [1.29, 1.82) is 0 Å². The molecule has 1 atom stereocenters. The van der Waals surface area contributed by atoms with E-state index < -0.39 is 34.4 Å². The number of hydrogen-bond donors (Lipinski definition) is 3. The van der Waals surface area contributed by atoms with Gasteiger partial charge in [0.1, 0.15) is 33.9 Å². The minimum Gasteiger partial charge on any atom is -0.495 e. The maximum atomic E-state index is 13.8. The number of nitrogens with one attached hydrogen (secondary N) is 3. The molecule has 3 aromatic rings. The van der Waals surface area contributed by atoms with E-state index in [1.165, 1.54) is 49.0 Å². The van der Waals surface area contributed by atoms with Crippen LogP contribution in [0.4, 0.5) is 40.7 Å². The van der Waals surface area contributed by atoms with Gasteiger partial charge in [-0.25, -0.2) is 13.6 Å². The molecule has 210 valence electrons. The Balaban J connectivity index is 1.91. The summed E-state index contributed by atoms with van der Waals surface area (Å²) in [5, 5.41) is 8.21. The number of nitrogens with zero attached hydrogens (tertiary/aromatic N) is 3. The highest BCUT2D eigenvalue weighted by molar-refractivity contribution is 7.85. The predicted octanol–water partition coefficient (Wildman–Crippen LogP) is 4.87. The molecule has 1 heterocycles. The van der Waals surface area contributed by atoms with Crippen molar-refractivity contribution in [3.8, 4) is 5.75 Å². The average molecular weight is 569 g/mol. The van der Waals surface area contributed by atoms with Crippen molar-refractivity contribution in [3.63, 3.8) is 0 Å². The van der Waals surface area contributed by atoms with E-state index in [-0.39, 0.29) is 29.8 Å². The van der Waals surface area contributed by atoms with Crippen LogP contribution in [0.15, 0.2) is 42.6 Å². The Kier molecular flexibility index (Phi) is 9.67. The third-order valence-corrected chi connectivity index (χ3v) is 6.53. The number of carbonyl (C=O) groups excluding carboxylic acids is 1. The quantitative estimate of drug-likeness (QED) is 0.283. The Bertz CT molecular complexity index is 1360. The minimum atomic E-state index is -4.76. The van der Waals surface area contributed by atoms with E-state index in [0.29, 0.717) is 29.6 Å². The van der Waals surface area contributed by atoms with Crippen molar-refractivity contribution in [3.05, 3.63) is 65.1 Å². The molecule has 0 saturated carbocycles. The van der Waals surface area contributed by atoms with Crippen LogP contribution in [0.5, 0.6) is 5.75 Å². The molecule has 0 aliphatic heterocycles. The minimum absolute atomic E-state index is 0.168. The molecule has 1 aromatic heterocycles. The molecule has 0 spiro atoms. The summed E-state index contributed by atoms with van der Waals surface area (Å²) in [4.78, 5) is 20.1. The van der Waals surface area contributed by atoms with E-state index in [0.717, 1.165) is 18.6 Å². The summed E-state index contributed by atoms with van der Waals surface area (Å²) in [6, 6.07) is 8.23. The van der Waals surface area contributed by atoms with Crippen molar-refractivity contribution in [2.24, 2.45) is 0 Å². The van der Waals surface area contributed by atoms with Gasteiger partial charge in [0.15, 0.2) is 0 Å². The van der Waals surface area contributed by atoms with Gasteiger partial charge in [0.25, 0.3) is 5.91 Å². The van der Waals surface area contributed by atoms with Gasteiger partial charge in [-0.15, -0.1) is 0 Å². The molecule has 9 nitrogen and oxygen atoms in total. The molecule has 0 aliphatic carbocycles. The second-order valence-electron chi connectivity index (χ2n) is 8.30. The molecule has 2 aromatic carbocycles. The fraction of sp³-hybridized carbons (Fsp3) is 0.320. The number of rotatable bonds is 11. The van der Waals surface area contributed by atoms with Gasteiger partial charge in [0, 0.05) is 38.2 Å². The van der Waals surface area contributed by atoms with E-state index >= 15 is 0 Å². The first kappa shape index (κ1) is 29.6. The van der Waals surface area contributed by atoms with Crippen molar-refractivity contribution in [1.82, 2.24) is 15.3 Å². The van der Waals surface area contributed by atoms with E-state index in [4.69, 9.17) is 4.74 Å². The highest BCUT2D eigenvalue weighted by Gasteiger charge is 2.35. The molecule has 0 saturated heterocycles. The number of ether oxygens (including phenoxy) is 1. The zero-order valence-electron chi connectivity index (χ0n) is 21.6. The zero-order chi connectivity index (χ0) is 28.7. The molecule has 0 fully saturated rings. The van der Waals surface area contributed by atoms with Gasteiger partial charge in [-0.2, -0.15) is 18.2 Å². The molecule has 3 rings (SSSR count). The molecule has 3 N–H and O–H groups in total. The zero-order valence-corrected chi connectivity index (χ0v) is 22.5. The normalized spacial score (nSPS) is 12.0. The smallest absolute Gasteiger partial charge is 0.421 e. The maximum Gasteiger partial charge on any atom is 0.421 e. The number of halogens is 4. The molecule has 14 heteroatoms. The van der Waals surface area contributed by atoms with Gasteiger partial charge >= 0.3 is 6.18 Å². The molecule has 0 bridgehead atoms. The molecular weight excluding hydrogens is 540 g/mol. The Hall–Kier alpha value is -3.94. The van der Waals surface area contributed by atoms with Crippen LogP contribution >= 0.6 is 0 Å². The van der Waals surface area contributed by atoms with Gasteiger partial charge in [-0.05, 0) is 42.3 Å². The van der Waals surface area contributed by atoms with Crippen LogP contribution in [0.3, 0.4) is 0 Å². The van der Waals surface area contributed by atoms with E-state index in [9.17, 15) is 26.6 Å². The number of anilines is 4. The lowest BCUT2D eigenvalue weighted by molar-refractivity contribution is -0.137. The summed E-state index contributed by atoms with van der Waals surface area (Å²) in [5.41, 5.74) is 0.197. The monoisotopic (exact) mass is 568 g/mol. The van der Waals surface area contributed by atoms with E-state index in [1.54, 1.807) is 0 Å². The summed E-state index contributed by atoms with van der Waals surface area (Å²) in [7, 11) is 1.37. The highest BCUT2D eigenvalue weighted by atomic mass is 32.2. The summed E-state index contributed by atoms with van der Waals surface area (Å²) in [5.74, 6) is -1.32. The van der Waals surface area contributed by atoms with Crippen molar-refractivity contribution in [2.75, 3.05) is 41.9 Å². The average Bonchev–Trinajstić information content (AvgIpc) is 2.90. The first-order chi connectivity index (χ1) is 18.4. The molecule has 0 aliphatic rings. The van der Waals surface area contributed by atoms with Crippen LogP contribution in [0.2, 0.25) is 0 Å². The summed E-state index contributed by atoms with van der Waals surface area (Å²) < 4.78 is 73.6. The van der Waals surface area contributed by atoms with E-state index in [2.05, 4.69) is 25.9 Å². The van der Waals surface area contributed by atoms with Gasteiger partial charge < -0.3 is 20.7 Å². The number of methoxy groups -OCH3 is 1. The lowest BCUT2D eigenvalue weighted by atomic mass is 10.1. The largest absolute Gasteiger partial charge is 0.495 e. The van der Waals surface area contributed by atoms with Crippen LogP contribution in [0.25, 0.3) is 0 Å². The van der Waals surface area contributed by atoms with Gasteiger partial charge in [0.2, 0.25) is 5.95 Å². The molecule has 39 heavy (non-hydrogen) atoms. The predicted molar refractivity (Wildman–Crippen MR) is 142 cm³/mol. The van der Waals surface area contributed by atoms with Crippen molar-refractivity contribution < 1.29 is 31.3 Å². The van der Waals surface area contributed by atoms with Crippen LogP contribution in [0, 0.1) is 5.82 Å². The SMILES string of the molecule is CCCNC(=O)c1ccc(Nc2ncc(C(F)(F)F)c(NCc3ccc(F)cc3N(C)S(C)=O)n2)c(OC)c1. The van der Waals surface area contributed by atoms with Gasteiger partial charge in [-0.1, -0.05) is 13.0 Å². The van der Waals surface area contributed by atoms with Gasteiger partial charge in [0.05, 0.1) is 18.5 Å². The van der Waals surface area contributed by atoms with Crippen LogP contribution in [-0.4, -0.2) is 47.0 Å². The second kappa shape index (κ2) is 12.7. The number of hydrogen-bond acceptors (Lipinski definition) is 7. The molecular formula is C25H28F4N6O3S. The lowest BCUT2D eigenvalue weighted by Crippen LogP contribution is -2.23. The summed E-state index contributed by atoms with van der Waals surface area (Å²) in [6.07, 6.45) is -1.97. The van der Waals surface area contributed by atoms with Gasteiger partial charge in [-0.3, -0.25) is 9.10 Å². The third kappa shape index (κ3) is 7.56. The fourth-order valence-electron chi connectivity index (χ4n) is 3.48. The molecule has 1 amide bonds. The lowest BCUT2D eigenvalue weighted by Gasteiger charge is -2.21. The highest BCUT2D eigenvalue weighted by Crippen LogP contribution is 2.35. The van der Waals surface area contributed by atoms with Crippen LogP contribution in [-0.2, 0) is 23.7 Å². The van der Waals surface area contributed by atoms with Crippen LogP contribution < -0.4 is 25.0 Å². The van der Waals surface area contributed by atoms with Crippen LogP contribution in [0.1, 0.15) is 34.8 Å². The molecule has 0 radical (unpaired) electrons. The molecule has 1 unspecified atom stereocenters. The maximum absolute atomic E-state index is 13.8. The summed E-state index contributed by atoms with van der Waals surface area (Å²) >= 11 is 0. The number of amides is 1.